The molecule has 0 amide bonds. The zero-order valence-corrected chi connectivity index (χ0v) is 19.4. The number of hydrogen-bond acceptors (Lipinski definition) is 6. The summed E-state index contributed by atoms with van der Waals surface area (Å²) in [6, 6.07) is 16.3. The van der Waals surface area contributed by atoms with Gasteiger partial charge >= 0.3 is 0 Å². The third-order valence-corrected chi connectivity index (χ3v) is 5.73. The highest BCUT2D eigenvalue weighted by atomic mass is 32.3. The minimum absolute atomic E-state index is 0. The van der Waals surface area contributed by atoms with Crippen molar-refractivity contribution in [1.29, 1.82) is 0 Å². The molecule has 4 aromatic rings. The number of hydrogen-bond donors (Lipinski definition) is 3. The Morgan fingerprint density at radius 2 is 1.69 bits per heavy atom. The molecule has 0 bridgehead atoms. The summed E-state index contributed by atoms with van der Waals surface area (Å²) in [6.07, 6.45) is 2.34. The van der Waals surface area contributed by atoms with Crippen molar-refractivity contribution in [2.24, 2.45) is 0 Å². The Labute approximate surface area is 203 Å². The van der Waals surface area contributed by atoms with Gasteiger partial charge in [-0.2, -0.15) is 10.6 Å². The maximum Gasteiger partial charge on any atom is 0.227 e. The van der Waals surface area contributed by atoms with Crippen molar-refractivity contribution in [1.82, 2.24) is 9.97 Å². The van der Waals surface area contributed by atoms with Gasteiger partial charge in [-0.05, 0) is 47.5 Å². The molecule has 0 unspecified atom stereocenters. The number of aromatic nitrogens is 2. The summed E-state index contributed by atoms with van der Waals surface area (Å²) in [4.78, 5) is 8.22. The first-order valence-electron chi connectivity index (χ1n) is 10.4. The molecule has 3 aromatic carbocycles. The van der Waals surface area contributed by atoms with Gasteiger partial charge in [-0.15, -0.1) is 0 Å². The Morgan fingerprint density at radius 1 is 0.943 bits per heavy atom. The van der Waals surface area contributed by atoms with E-state index in [2.05, 4.69) is 15.3 Å². The number of anilines is 2. The van der Waals surface area contributed by atoms with Gasteiger partial charge in [0.25, 0.3) is 0 Å². The van der Waals surface area contributed by atoms with Crippen molar-refractivity contribution in [3.63, 3.8) is 0 Å². The molecule has 0 aliphatic heterocycles. The molecule has 0 aliphatic carbocycles. The zero-order valence-electron chi connectivity index (χ0n) is 18.6. The second-order valence-corrected chi connectivity index (χ2v) is 10.2. The molecule has 3 N–H and O–H groups in total. The number of nitrogens with one attached hydrogen (secondary N) is 1. The van der Waals surface area contributed by atoms with Gasteiger partial charge in [0.05, 0.1) is 11.9 Å². The van der Waals surface area contributed by atoms with E-state index in [-0.39, 0.29) is 36.7 Å². The maximum absolute atomic E-state index is 14.7. The molecule has 10 heteroatoms. The van der Waals surface area contributed by atoms with Gasteiger partial charge in [0.1, 0.15) is 29.7 Å². The van der Waals surface area contributed by atoms with Crippen LogP contribution in [0.25, 0.3) is 11.3 Å². The van der Waals surface area contributed by atoms with E-state index < -0.39 is 28.0 Å². The average Bonchev–Trinajstić information content (AvgIpc) is 2.78. The minimum Gasteiger partial charge on any atom is -0.488 e. The zero-order chi connectivity index (χ0) is 25.0. The Kier molecular flexibility index (Phi) is 7.25. The lowest BCUT2D eigenvalue weighted by Gasteiger charge is -2.26. The number of rotatable bonds is 8. The van der Waals surface area contributed by atoms with Gasteiger partial charge in [-0.25, -0.2) is 23.1 Å². The Bertz CT molecular complexity index is 1360. The van der Waals surface area contributed by atoms with Crippen molar-refractivity contribution < 1.29 is 28.4 Å². The molecule has 0 atom stereocenters. The van der Waals surface area contributed by atoms with Crippen molar-refractivity contribution in [2.75, 3.05) is 11.6 Å². The molecule has 0 aliphatic rings. The van der Waals surface area contributed by atoms with Gasteiger partial charge < -0.3 is 10.1 Å². The summed E-state index contributed by atoms with van der Waals surface area (Å²) in [6.45, 7) is -0.0601. The minimum atomic E-state index is -2.73. The molecule has 1 aromatic heterocycles. The fraction of sp³-hybridized carbons (Fsp3) is 0.120. The summed E-state index contributed by atoms with van der Waals surface area (Å²) in [5.74, 6) is -1.58. The van der Waals surface area contributed by atoms with Crippen LogP contribution in [0.2, 0.25) is 0 Å². The smallest absolute Gasteiger partial charge is 0.227 e. The topological polar surface area (TPSA) is 87.5 Å². The summed E-state index contributed by atoms with van der Waals surface area (Å²) >= 11 is 0. The van der Waals surface area contributed by atoms with Crippen LogP contribution in [0.1, 0.15) is 12.6 Å². The Morgan fingerprint density at radius 3 is 2.46 bits per heavy atom. The fourth-order valence-corrected chi connectivity index (χ4v) is 4.21. The molecule has 184 valence electrons. The Balaban J connectivity index is 0.00000361. The molecule has 1 heterocycles. The highest BCUT2D eigenvalue weighted by molar-refractivity contribution is 8.23. The van der Waals surface area contributed by atoms with Gasteiger partial charge in [-0.3, -0.25) is 9.11 Å². The first-order chi connectivity index (χ1) is 16.7. The summed E-state index contributed by atoms with van der Waals surface area (Å²) in [5, 5.41) is 2.96. The molecule has 4 rings (SSSR count). The number of ether oxygens (including phenoxy) is 1. The van der Waals surface area contributed by atoms with Crippen LogP contribution in [-0.4, -0.2) is 25.3 Å². The van der Waals surface area contributed by atoms with E-state index in [0.29, 0.717) is 16.8 Å². The van der Waals surface area contributed by atoms with Crippen LogP contribution in [0.15, 0.2) is 72.9 Å². The lowest BCUT2D eigenvalue weighted by molar-refractivity contribution is 0.305. The largest absolute Gasteiger partial charge is 0.488 e. The first kappa shape index (κ1) is 24.5. The van der Waals surface area contributed by atoms with Crippen LogP contribution in [0.5, 0.6) is 5.75 Å². The number of halogens is 3. The van der Waals surface area contributed by atoms with Crippen molar-refractivity contribution >= 4 is 22.2 Å². The highest BCUT2D eigenvalue weighted by Crippen LogP contribution is 2.38. The maximum atomic E-state index is 14.7. The van der Waals surface area contributed by atoms with E-state index in [1.165, 1.54) is 30.5 Å². The van der Waals surface area contributed by atoms with E-state index in [9.17, 15) is 22.3 Å². The SMILES string of the molecule is CS(O)(O)Cc1cccc(Nc2ncc(F)c(-c3ccc(F)cc3OCc3cccc(F)c3)n2)c1.[HH]. The van der Waals surface area contributed by atoms with Crippen LogP contribution in [0, 0.1) is 17.5 Å². The van der Waals surface area contributed by atoms with Crippen LogP contribution >= 0.6 is 10.6 Å². The quantitative estimate of drug-likeness (QED) is 0.240. The average molecular weight is 504 g/mol. The van der Waals surface area contributed by atoms with Gasteiger partial charge in [-0.1, -0.05) is 24.3 Å². The van der Waals surface area contributed by atoms with E-state index in [1.807, 2.05) is 0 Å². The van der Waals surface area contributed by atoms with Gasteiger partial charge in [0, 0.05) is 25.0 Å². The lowest BCUT2D eigenvalue weighted by Crippen LogP contribution is -2.03. The summed E-state index contributed by atoms with van der Waals surface area (Å²) in [7, 11) is -2.73. The second-order valence-electron chi connectivity index (χ2n) is 7.91. The molecular weight excluding hydrogens is 479 g/mol. The highest BCUT2D eigenvalue weighted by Gasteiger charge is 2.16. The normalized spacial score (nSPS) is 11.8. The van der Waals surface area contributed by atoms with Crippen molar-refractivity contribution in [2.45, 2.75) is 12.4 Å². The lowest BCUT2D eigenvalue weighted by atomic mass is 10.1. The third kappa shape index (κ3) is 6.72. The first-order valence-corrected chi connectivity index (χ1v) is 12.6. The molecule has 6 nitrogen and oxygen atoms in total. The van der Waals surface area contributed by atoms with E-state index in [0.717, 1.165) is 18.3 Å². The van der Waals surface area contributed by atoms with Crippen molar-refractivity contribution in [3.8, 4) is 17.0 Å². The van der Waals surface area contributed by atoms with Gasteiger partial charge in [0.15, 0.2) is 5.82 Å². The number of benzene rings is 3. The van der Waals surface area contributed by atoms with Crippen molar-refractivity contribution in [3.05, 3.63) is 102 Å². The van der Waals surface area contributed by atoms with E-state index >= 15 is 0 Å². The number of nitrogens with zero attached hydrogens (tertiary/aromatic N) is 2. The molecular formula is C25H24F3N3O3S. The Hall–Kier alpha value is -3.60. The monoisotopic (exact) mass is 503 g/mol. The fourth-order valence-electron chi connectivity index (χ4n) is 3.40. The molecule has 35 heavy (non-hydrogen) atoms. The second kappa shape index (κ2) is 10.3. The molecule has 0 saturated carbocycles. The van der Waals surface area contributed by atoms with Crippen LogP contribution in [0.3, 0.4) is 0 Å². The van der Waals surface area contributed by atoms with E-state index in [4.69, 9.17) is 4.74 Å². The van der Waals surface area contributed by atoms with Gasteiger partial charge in [0.2, 0.25) is 5.95 Å². The predicted octanol–water partition coefficient (Wildman–Crippen LogP) is 7.01. The molecule has 0 fully saturated rings. The van der Waals surface area contributed by atoms with E-state index in [1.54, 1.807) is 30.3 Å². The van der Waals surface area contributed by atoms with Crippen LogP contribution in [-0.2, 0) is 12.4 Å². The summed E-state index contributed by atoms with van der Waals surface area (Å²) in [5.41, 5.74) is 1.85. The third-order valence-electron chi connectivity index (χ3n) is 4.85. The van der Waals surface area contributed by atoms with Crippen LogP contribution in [0.4, 0.5) is 24.8 Å². The molecule has 0 spiro atoms. The predicted molar refractivity (Wildman–Crippen MR) is 132 cm³/mol. The van der Waals surface area contributed by atoms with Crippen LogP contribution < -0.4 is 10.1 Å². The molecule has 0 radical (unpaired) electrons. The standard InChI is InChI=1S/C25H22F3N3O3S.H2/c1-35(32,33)15-17-5-3-7-20(11-17)30-25-29-13-22(28)24(31-25)21-9-8-19(27)12-23(21)34-14-16-4-2-6-18(26)10-16;/h2-13,32-33H,14-15H2,1H3,(H,29,30,31);1H. The molecule has 0 saturated heterocycles. The summed E-state index contributed by atoms with van der Waals surface area (Å²) < 4.78 is 67.3.